The van der Waals surface area contributed by atoms with Gasteiger partial charge in [0.05, 0.1) is 0 Å². The fraction of sp³-hybridized carbons (Fsp3) is 0.692. The minimum Gasteiger partial charge on any atom is -0.363 e. The van der Waals surface area contributed by atoms with Gasteiger partial charge < -0.3 is 14.7 Å². The zero-order chi connectivity index (χ0) is 12.7. The molecule has 0 aliphatic carbocycles. The van der Waals surface area contributed by atoms with Gasteiger partial charge in [-0.15, -0.1) is 0 Å². The van der Waals surface area contributed by atoms with Crippen molar-refractivity contribution in [2.45, 2.75) is 0 Å². The fourth-order valence-corrected chi connectivity index (χ4v) is 3.13. The smallest absolute Gasteiger partial charge is 0.227 e. The molecule has 0 spiro atoms. The first kappa shape index (κ1) is 11.7. The van der Waals surface area contributed by atoms with Gasteiger partial charge in [0.25, 0.3) is 0 Å². The fourth-order valence-electron chi connectivity index (χ4n) is 3.13. The van der Waals surface area contributed by atoms with Crippen LogP contribution in [0.1, 0.15) is 0 Å². The highest BCUT2D eigenvalue weighted by molar-refractivity contribution is 5.43. The van der Waals surface area contributed by atoms with E-state index in [0.29, 0.717) is 0 Å². The molecule has 18 heavy (non-hydrogen) atoms. The van der Waals surface area contributed by atoms with Crippen molar-refractivity contribution in [3.8, 4) is 0 Å². The van der Waals surface area contributed by atoms with Gasteiger partial charge in [-0.25, -0.2) is 4.98 Å². The van der Waals surface area contributed by atoms with Gasteiger partial charge in [0.2, 0.25) is 5.95 Å². The van der Waals surface area contributed by atoms with Crippen LogP contribution >= 0.6 is 0 Å². The van der Waals surface area contributed by atoms with E-state index < -0.39 is 0 Å². The van der Waals surface area contributed by atoms with Crippen LogP contribution in [-0.2, 0) is 0 Å². The summed E-state index contributed by atoms with van der Waals surface area (Å²) in [5.41, 5.74) is 0. The predicted molar refractivity (Wildman–Crippen MR) is 73.0 cm³/mol. The Morgan fingerprint density at radius 1 is 1.17 bits per heavy atom. The third-order valence-corrected chi connectivity index (χ3v) is 4.04. The maximum Gasteiger partial charge on any atom is 0.227 e. The zero-order valence-corrected chi connectivity index (χ0v) is 11.4. The third kappa shape index (κ3) is 2.03. The van der Waals surface area contributed by atoms with Crippen molar-refractivity contribution in [2.24, 2.45) is 11.8 Å². The second-order valence-corrected chi connectivity index (χ2v) is 5.76. The lowest BCUT2D eigenvalue weighted by molar-refractivity contribution is 0.386. The van der Waals surface area contributed by atoms with Crippen molar-refractivity contribution in [1.29, 1.82) is 0 Å². The summed E-state index contributed by atoms with van der Waals surface area (Å²) < 4.78 is 0. The van der Waals surface area contributed by atoms with Crippen LogP contribution in [0.2, 0.25) is 0 Å². The molecule has 3 rings (SSSR count). The molecule has 0 amide bonds. The maximum atomic E-state index is 4.63. The van der Waals surface area contributed by atoms with E-state index in [1.54, 1.807) is 0 Å². The molecule has 1 aromatic heterocycles. The average Bonchev–Trinajstić information content (AvgIpc) is 2.86. The number of aromatic nitrogens is 2. The Labute approximate surface area is 108 Å². The van der Waals surface area contributed by atoms with E-state index in [9.17, 15) is 0 Å². The predicted octanol–water partition coefficient (Wildman–Crippen LogP) is 0.540. The first-order valence-electron chi connectivity index (χ1n) is 6.57. The normalized spacial score (nSPS) is 27.6. The van der Waals surface area contributed by atoms with E-state index in [2.05, 4.69) is 26.8 Å². The SMILES string of the molecule is CN1CC2CN(c3nccc(N(C)C)n3)CC2C1. The van der Waals surface area contributed by atoms with Gasteiger partial charge in [-0.1, -0.05) is 0 Å². The highest BCUT2D eigenvalue weighted by Crippen LogP contribution is 2.32. The molecule has 0 aromatic carbocycles. The summed E-state index contributed by atoms with van der Waals surface area (Å²) in [6, 6.07) is 1.95. The third-order valence-electron chi connectivity index (χ3n) is 4.04. The molecule has 2 saturated heterocycles. The Bertz CT molecular complexity index is 419. The number of fused-ring (bicyclic) bond motifs is 1. The molecule has 2 fully saturated rings. The van der Waals surface area contributed by atoms with Crippen molar-refractivity contribution in [2.75, 3.05) is 57.1 Å². The summed E-state index contributed by atoms with van der Waals surface area (Å²) in [5.74, 6) is 3.45. The highest BCUT2D eigenvalue weighted by Gasteiger charge is 2.39. The molecule has 2 unspecified atom stereocenters. The Balaban J connectivity index is 1.75. The van der Waals surface area contributed by atoms with Crippen LogP contribution < -0.4 is 9.80 Å². The van der Waals surface area contributed by atoms with Crippen LogP contribution in [-0.4, -0.2) is 62.2 Å². The summed E-state index contributed by atoms with van der Waals surface area (Å²) >= 11 is 0. The standard InChI is InChI=1S/C13H21N5/c1-16(2)12-4-5-14-13(15-12)18-8-10-6-17(3)7-11(10)9-18/h4-5,10-11H,6-9H2,1-3H3. The van der Waals surface area contributed by atoms with Gasteiger partial charge >= 0.3 is 0 Å². The molecule has 5 heteroatoms. The van der Waals surface area contributed by atoms with E-state index in [-0.39, 0.29) is 0 Å². The largest absolute Gasteiger partial charge is 0.363 e. The number of anilines is 2. The lowest BCUT2D eigenvalue weighted by atomic mass is 10.0. The van der Waals surface area contributed by atoms with Crippen LogP contribution in [0.5, 0.6) is 0 Å². The van der Waals surface area contributed by atoms with E-state index in [4.69, 9.17) is 0 Å². The summed E-state index contributed by atoms with van der Waals surface area (Å²) in [4.78, 5) is 15.9. The van der Waals surface area contributed by atoms with Gasteiger partial charge in [-0.05, 0) is 24.9 Å². The van der Waals surface area contributed by atoms with Crippen molar-refractivity contribution in [1.82, 2.24) is 14.9 Å². The molecular formula is C13H21N5. The second-order valence-electron chi connectivity index (χ2n) is 5.76. The highest BCUT2D eigenvalue weighted by atomic mass is 15.3. The summed E-state index contributed by atoms with van der Waals surface area (Å²) in [6.45, 7) is 4.64. The zero-order valence-electron chi connectivity index (χ0n) is 11.4. The molecule has 2 aliphatic heterocycles. The summed E-state index contributed by atoms with van der Waals surface area (Å²) in [7, 11) is 6.24. The minimum atomic E-state index is 0.793. The Hall–Kier alpha value is -1.36. The monoisotopic (exact) mass is 247 g/mol. The van der Waals surface area contributed by atoms with Crippen molar-refractivity contribution >= 4 is 11.8 Å². The molecule has 2 aliphatic rings. The molecule has 0 radical (unpaired) electrons. The van der Waals surface area contributed by atoms with Gasteiger partial charge in [0.1, 0.15) is 5.82 Å². The Morgan fingerprint density at radius 3 is 2.44 bits per heavy atom. The van der Waals surface area contributed by atoms with Gasteiger partial charge in [0, 0.05) is 46.5 Å². The number of nitrogens with zero attached hydrogens (tertiary/aromatic N) is 5. The molecule has 98 valence electrons. The number of hydrogen-bond acceptors (Lipinski definition) is 5. The molecule has 2 atom stereocenters. The average molecular weight is 247 g/mol. The van der Waals surface area contributed by atoms with Gasteiger partial charge in [-0.3, -0.25) is 0 Å². The van der Waals surface area contributed by atoms with Crippen molar-refractivity contribution < 1.29 is 0 Å². The molecule has 0 saturated carbocycles. The first-order chi connectivity index (χ1) is 8.63. The Kier molecular flexibility index (Phi) is 2.86. The van der Waals surface area contributed by atoms with E-state index in [0.717, 1.165) is 36.7 Å². The molecular weight excluding hydrogens is 226 g/mol. The maximum absolute atomic E-state index is 4.63. The minimum absolute atomic E-state index is 0.793. The summed E-state index contributed by atoms with van der Waals surface area (Å²) in [6.07, 6.45) is 1.86. The van der Waals surface area contributed by atoms with Crippen molar-refractivity contribution in [3.63, 3.8) is 0 Å². The number of likely N-dealkylation sites (tertiary alicyclic amines) is 1. The number of rotatable bonds is 2. The lowest BCUT2D eigenvalue weighted by Crippen LogP contribution is -2.28. The van der Waals surface area contributed by atoms with Crippen LogP contribution in [0.25, 0.3) is 0 Å². The molecule has 5 nitrogen and oxygen atoms in total. The lowest BCUT2D eigenvalue weighted by Gasteiger charge is -2.20. The molecule has 0 bridgehead atoms. The van der Waals surface area contributed by atoms with Crippen LogP contribution in [0, 0.1) is 11.8 Å². The van der Waals surface area contributed by atoms with Gasteiger partial charge in [-0.2, -0.15) is 4.98 Å². The Morgan fingerprint density at radius 2 is 1.83 bits per heavy atom. The van der Waals surface area contributed by atoms with E-state index >= 15 is 0 Å². The molecule has 0 N–H and O–H groups in total. The van der Waals surface area contributed by atoms with E-state index in [1.807, 2.05) is 31.3 Å². The first-order valence-corrected chi connectivity index (χ1v) is 6.57. The quantitative estimate of drug-likeness (QED) is 0.762. The van der Waals surface area contributed by atoms with Crippen LogP contribution in [0.3, 0.4) is 0 Å². The van der Waals surface area contributed by atoms with Crippen molar-refractivity contribution in [3.05, 3.63) is 12.3 Å². The molecule has 3 heterocycles. The van der Waals surface area contributed by atoms with Crippen LogP contribution in [0.4, 0.5) is 11.8 Å². The number of hydrogen-bond donors (Lipinski definition) is 0. The second kappa shape index (κ2) is 4.39. The molecule has 1 aromatic rings. The van der Waals surface area contributed by atoms with Crippen LogP contribution in [0.15, 0.2) is 12.3 Å². The van der Waals surface area contributed by atoms with Gasteiger partial charge in [0.15, 0.2) is 0 Å². The summed E-state index contributed by atoms with van der Waals surface area (Å²) in [5, 5.41) is 0. The topological polar surface area (TPSA) is 35.5 Å². The van der Waals surface area contributed by atoms with E-state index in [1.165, 1.54) is 13.1 Å².